The third-order valence-corrected chi connectivity index (χ3v) is 6.93. The summed E-state index contributed by atoms with van der Waals surface area (Å²) in [5.74, 6) is 1.06. The molecule has 9 heteroatoms. The monoisotopic (exact) mass is 449 g/mol. The Balaban J connectivity index is 1.13. The lowest BCUT2D eigenvalue weighted by molar-refractivity contribution is 0.00187. The van der Waals surface area contributed by atoms with Gasteiger partial charge in [0.1, 0.15) is 6.26 Å². The molecule has 0 radical (unpaired) electrons. The van der Waals surface area contributed by atoms with Gasteiger partial charge in [0.25, 0.3) is 5.91 Å². The Labute approximate surface area is 191 Å². The summed E-state index contributed by atoms with van der Waals surface area (Å²) in [5, 5.41) is 13.5. The summed E-state index contributed by atoms with van der Waals surface area (Å²) in [5.41, 5.74) is 0.376. The topological polar surface area (TPSA) is 94.3 Å². The molecule has 0 spiro atoms. The van der Waals surface area contributed by atoms with Gasteiger partial charge in [0.15, 0.2) is 5.69 Å². The molecular formula is C23H39N5O4. The molecule has 1 aromatic heterocycles. The number of amides is 1. The minimum absolute atomic E-state index is 0.135. The second-order valence-corrected chi connectivity index (χ2v) is 9.48. The van der Waals surface area contributed by atoms with Crippen LogP contribution >= 0.6 is 0 Å². The molecule has 0 aromatic carbocycles. The van der Waals surface area contributed by atoms with Gasteiger partial charge in [0.05, 0.1) is 25.9 Å². The van der Waals surface area contributed by atoms with E-state index in [4.69, 9.17) is 9.15 Å². The number of hydrogen-bond donors (Lipinski definition) is 2. The van der Waals surface area contributed by atoms with E-state index in [1.54, 1.807) is 0 Å². The normalized spacial score (nSPS) is 23.3. The fourth-order valence-corrected chi connectivity index (χ4v) is 4.97. The molecule has 1 aliphatic carbocycles. The molecule has 1 atom stereocenters. The summed E-state index contributed by atoms with van der Waals surface area (Å²) in [4.78, 5) is 23.7. The molecule has 3 fully saturated rings. The molecule has 180 valence electrons. The molecule has 3 aliphatic rings. The molecule has 1 aromatic rings. The van der Waals surface area contributed by atoms with E-state index < -0.39 is 0 Å². The summed E-state index contributed by atoms with van der Waals surface area (Å²) in [6.07, 6.45) is 7.43. The third kappa shape index (κ3) is 7.25. The van der Waals surface area contributed by atoms with Crippen molar-refractivity contribution in [3.8, 4) is 0 Å². The van der Waals surface area contributed by atoms with Gasteiger partial charge in [0, 0.05) is 58.9 Å². The number of carbonyl (C=O) groups is 1. The quantitative estimate of drug-likeness (QED) is 0.572. The van der Waals surface area contributed by atoms with Crippen LogP contribution in [0.25, 0.3) is 0 Å². The summed E-state index contributed by atoms with van der Waals surface area (Å²) < 4.78 is 10.9. The summed E-state index contributed by atoms with van der Waals surface area (Å²) in [6.45, 7) is 9.72. The molecule has 2 saturated heterocycles. The van der Waals surface area contributed by atoms with E-state index in [2.05, 4.69) is 25.0 Å². The number of hydrogen-bond acceptors (Lipinski definition) is 8. The Morgan fingerprint density at radius 1 is 1.03 bits per heavy atom. The van der Waals surface area contributed by atoms with Gasteiger partial charge in [-0.25, -0.2) is 4.98 Å². The molecule has 1 saturated carbocycles. The van der Waals surface area contributed by atoms with Gasteiger partial charge in [-0.15, -0.1) is 0 Å². The van der Waals surface area contributed by atoms with Crippen molar-refractivity contribution in [1.29, 1.82) is 0 Å². The fraction of sp³-hybridized carbons (Fsp3) is 0.826. The van der Waals surface area contributed by atoms with E-state index >= 15 is 0 Å². The fourth-order valence-electron chi connectivity index (χ4n) is 4.97. The molecule has 32 heavy (non-hydrogen) atoms. The van der Waals surface area contributed by atoms with Gasteiger partial charge in [-0.3, -0.25) is 19.5 Å². The standard InChI is InChI=1S/C23H39N5O4/c29-20(16-28-10-12-31-13-11-28)15-26-6-8-27(9-7-26)17-22-25-21(18-32-22)23(30)24-14-19-4-2-1-3-5-19/h18-20,29H,1-17H2,(H,24,30)/t20-/m0/s1. The van der Waals surface area contributed by atoms with Crippen molar-refractivity contribution in [1.82, 2.24) is 25.0 Å². The molecule has 0 unspecified atom stereocenters. The Morgan fingerprint density at radius 3 is 2.41 bits per heavy atom. The molecule has 2 N–H and O–H groups in total. The minimum Gasteiger partial charge on any atom is -0.447 e. The Hall–Kier alpha value is -1.52. The Bertz CT molecular complexity index is 694. The van der Waals surface area contributed by atoms with E-state index in [0.29, 0.717) is 37.1 Å². The molecule has 3 heterocycles. The first-order valence-corrected chi connectivity index (χ1v) is 12.3. The molecule has 4 rings (SSSR count). The zero-order chi connectivity index (χ0) is 22.2. The van der Waals surface area contributed by atoms with Crippen molar-refractivity contribution in [2.24, 2.45) is 5.92 Å². The SMILES string of the molecule is O=C(NCC1CCCCC1)c1coc(CN2CCN(C[C@H](O)CN3CCOCC3)CC2)n1. The summed E-state index contributed by atoms with van der Waals surface area (Å²) in [7, 11) is 0. The van der Waals surface area contributed by atoms with Crippen LogP contribution in [0.1, 0.15) is 48.5 Å². The number of nitrogens with zero attached hydrogens (tertiary/aromatic N) is 4. The maximum atomic E-state index is 12.4. The highest BCUT2D eigenvalue weighted by Crippen LogP contribution is 2.22. The van der Waals surface area contributed by atoms with E-state index in [9.17, 15) is 9.90 Å². The van der Waals surface area contributed by atoms with Crippen molar-refractivity contribution in [3.05, 3.63) is 17.8 Å². The highest BCUT2D eigenvalue weighted by atomic mass is 16.5. The zero-order valence-corrected chi connectivity index (χ0v) is 19.2. The maximum absolute atomic E-state index is 12.4. The minimum atomic E-state index is -0.332. The van der Waals surface area contributed by atoms with Gasteiger partial charge in [-0.1, -0.05) is 19.3 Å². The van der Waals surface area contributed by atoms with Crippen LogP contribution in [0.2, 0.25) is 0 Å². The van der Waals surface area contributed by atoms with E-state index in [1.165, 1.54) is 38.4 Å². The van der Waals surface area contributed by atoms with Crippen LogP contribution in [0, 0.1) is 5.92 Å². The first kappa shape index (κ1) is 23.6. The molecule has 2 aliphatic heterocycles. The lowest BCUT2D eigenvalue weighted by atomic mass is 9.89. The molecular weight excluding hydrogens is 410 g/mol. The number of aromatic nitrogens is 1. The number of aliphatic hydroxyl groups excluding tert-OH is 1. The Kier molecular flexibility index (Phi) is 8.93. The predicted octanol–water partition coefficient (Wildman–Crippen LogP) is 0.795. The first-order chi connectivity index (χ1) is 15.7. The average molecular weight is 450 g/mol. The van der Waals surface area contributed by atoms with Gasteiger partial charge in [-0.2, -0.15) is 0 Å². The van der Waals surface area contributed by atoms with Gasteiger partial charge >= 0.3 is 0 Å². The number of piperazine rings is 1. The van der Waals surface area contributed by atoms with Crippen LogP contribution in [0.4, 0.5) is 0 Å². The maximum Gasteiger partial charge on any atom is 0.273 e. The number of morpholine rings is 1. The number of rotatable bonds is 9. The van der Waals surface area contributed by atoms with Crippen LogP contribution in [0.5, 0.6) is 0 Å². The van der Waals surface area contributed by atoms with Crippen molar-refractivity contribution < 1.29 is 19.1 Å². The summed E-state index contributed by atoms with van der Waals surface area (Å²) in [6, 6.07) is 0. The van der Waals surface area contributed by atoms with Crippen LogP contribution in [-0.4, -0.2) is 109 Å². The lowest BCUT2D eigenvalue weighted by Gasteiger charge is -2.36. The van der Waals surface area contributed by atoms with E-state index in [1.807, 2.05) is 0 Å². The zero-order valence-electron chi connectivity index (χ0n) is 19.2. The number of oxazole rings is 1. The van der Waals surface area contributed by atoms with Gasteiger partial charge in [-0.05, 0) is 18.8 Å². The number of ether oxygens (including phenoxy) is 1. The summed E-state index contributed by atoms with van der Waals surface area (Å²) >= 11 is 0. The number of aliphatic hydroxyl groups is 1. The van der Waals surface area contributed by atoms with E-state index in [-0.39, 0.29) is 12.0 Å². The molecule has 1 amide bonds. The van der Waals surface area contributed by atoms with Crippen LogP contribution in [0.15, 0.2) is 10.7 Å². The van der Waals surface area contributed by atoms with Crippen molar-refractivity contribution >= 4 is 5.91 Å². The van der Waals surface area contributed by atoms with Gasteiger partial charge in [0.2, 0.25) is 5.89 Å². The lowest BCUT2D eigenvalue weighted by Crippen LogP contribution is -2.50. The average Bonchev–Trinajstić information content (AvgIpc) is 3.29. The van der Waals surface area contributed by atoms with Crippen LogP contribution in [0.3, 0.4) is 0 Å². The largest absolute Gasteiger partial charge is 0.447 e. The number of carbonyl (C=O) groups excluding carboxylic acids is 1. The second-order valence-electron chi connectivity index (χ2n) is 9.48. The highest BCUT2D eigenvalue weighted by Gasteiger charge is 2.23. The Morgan fingerprint density at radius 2 is 1.69 bits per heavy atom. The first-order valence-electron chi connectivity index (χ1n) is 12.3. The third-order valence-electron chi connectivity index (χ3n) is 6.93. The molecule has 0 bridgehead atoms. The van der Waals surface area contributed by atoms with Crippen LogP contribution in [-0.2, 0) is 11.3 Å². The molecule has 9 nitrogen and oxygen atoms in total. The van der Waals surface area contributed by atoms with Crippen molar-refractivity contribution in [3.63, 3.8) is 0 Å². The second kappa shape index (κ2) is 12.1. The van der Waals surface area contributed by atoms with Crippen LogP contribution < -0.4 is 5.32 Å². The van der Waals surface area contributed by atoms with Crippen molar-refractivity contribution in [2.45, 2.75) is 44.8 Å². The van der Waals surface area contributed by atoms with Crippen molar-refractivity contribution in [2.75, 3.05) is 72.1 Å². The number of β-amino-alcohol motifs (C(OH)–C–C–N with tert-alkyl or cyclic N) is 1. The predicted molar refractivity (Wildman–Crippen MR) is 120 cm³/mol. The number of nitrogens with one attached hydrogen (secondary N) is 1. The van der Waals surface area contributed by atoms with E-state index in [0.717, 1.165) is 59.0 Å². The highest BCUT2D eigenvalue weighted by molar-refractivity contribution is 5.91. The smallest absolute Gasteiger partial charge is 0.273 e. The van der Waals surface area contributed by atoms with Gasteiger partial charge < -0.3 is 19.6 Å².